The highest BCUT2D eigenvalue weighted by Gasteiger charge is 2.08. The molecule has 0 fully saturated rings. The Morgan fingerprint density at radius 1 is 1.47 bits per heavy atom. The number of nitrogens with zero attached hydrogens (tertiary/aromatic N) is 3. The summed E-state index contributed by atoms with van der Waals surface area (Å²) >= 11 is 0. The third kappa shape index (κ3) is 2.60. The maximum absolute atomic E-state index is 10.9. The standard InChI is InChI=1S/C11H11N3O3/c1-7-3-8(11(15)16)4-10(13-7)17-9-5-12-14(2)6-9/h3-6H,1-2H3,(H,15,16). The zero-order valence-corrected chi connectivity index (χ0v) is 9.41. The molecule has 0 spiro atoms. The van der Waals surface area contributed by atoms with Gasteiger partial charge in [0.2, 0.25) is 5.88 Å². The van der Waals surface area contributed by atoms with E-state index in [1.54, 1.807) is 24.9 Å². The van der Waals surface area contributed by atoms with Crippen LogP contribution in [0.25, 0.3) is 0 Å². The third-order valence-electron chi connectivity index (χ3n) is 2.08. The summed E-state index contributed by atoms with van der Waals surface area (Å²) < 4.78 is 7.00. The normalized spacial score (nSPS) is 10.2. The summed E-state index contributed by atoms with van der Waals surface area (Å²) in [5.74, 6) is -0.246. The number of aryl methyl sites for hydroxylation is 2. The lowest BCUT2D eigenvalue weighted by molar-refractivity contribution is 0.0696. The molecule has 2 aromatic heterocycles. The summed E-state index contributed by atoms with van der Waals surface area (Å²) in [7, 11) is 1.76. The maximum atomic E-state index is 10.9. The summed E-state index contributed by atoms with van der Waals surface area (Å²) in [6.45, 7) is 1.71. The second-order valence-electron chi connectivity index (χ2n) is 3.59. The Bertz CT molecular complexity index is 563. The van der Waals surface area contributed by atoms with Gasteiger partial charge in [0.05, 0.1) is 18.0 Å². The van der Waals surface area contributed by atoms with Crippen LogP contribution in [0, 0.1) is 6.92 Å². The van der Waals surface area contributed by atoms with Crippen LogP contribution in [0.2, 0.25) is 0 Å². The van der Waals surface area contributed by atoms with E-state index in [0.29, 0.717) is 11.4 Å². The number of aromatic carboxylic acids is 1. The number of carboxylic acid groups (broad SMARTS) is 1. The quantitative estimate of drug-likeness (QED) is 0.871. The highest BCUT2D eigenvalue weighted by molar-refractivity contribution is 5.88. The van der Waals surface area contributed by atoms with E-state index in [2.05, 4.69) is 10.1 Å². The largest absolute Gasteiger partial charge is 0.478 e. The van der Waals surface area contributed by atoms with Gasteiger partial charge in [0.25, 0.3) is 0 Å². The first-order chi connectivity index (χ1) is 8.04. The first-order valence-electron chi connectivity index (χ1n) is 4.93. The Kier molecular flexibility index (Phi) is 2.78. The molecule has 2 heterocycles. The SMILES string of the molecule is Cc1cc(C(=O)O)cc(Oc2cnn(C)c2)n1. The van der Waals surface area contributed by atoms with E-state index in [4.69, 9.17) is 9.84 Å². The minimum atomic E-state index is -1.01. The number of rotatable bonds is 3. The van der Waals surface area contributed by atoms with Crippen LogP contribution in [0.5, 0.6) is 11.6 Å². The van der Waals surface area contributed by atoms with Crippen LogP contribution < -0.4 is 4.74 Å². The highest BCUT2D eigenvalue weighted by atomic mass is 16.5. The molecule has 0 aliphatic carbocycles. The first kappa shape index (κ1) is 11.1. The van der Waals surface area contributed by atoms with Gasteiger partial charge in [-0.25, -0.2) is 9.78 Å². The zero-order valence-electron chi connectivity index (χ0n) is 9.41. The van der Waals surface area contributed by atoms with Crippen LogP contribution in [0.4, 0.5) is 0 Å². The van der Waals surface area contributed by atoms with Crippen molar-refractivity contribution in [2.24, 2.45) is 7.05 Å². The zero-order chi connectivity index (χ0) is 12.4. The maximum Gasteiger partial charge on any atom is 0.335 e. The summed E-state index contributed by atoms with van der Waals surface area (Å²) in [5, 5.41) is 12.8. The summed E-state index contributed by atoms with van der Waals surface area (Å²) in [6.07, 6.45) is 3.20. The van der Waals surface area contributed by atoms with Crippen molar-refractivity contribution in [2.45, 2.75) is 6.92 Å². The Balaban J connectivity index is 2.29. The molecule has 0 aromatic carbocycles. The number of ether oxygens (including phenoxy) is 1. The average molecular weight is 233 g/mol. The van der Waals surface area contributed by atoms with E-state index in [1.165, 1.54) is 18.3 Å². The van der Waals surface area contributed by atoms with Crippen LogP contribution in [0.3, 0.4) is 0 Å². The molecule has 0 atom stereocenters. The Morgan fingerprint density at radius 2 is 2.24 bits per heavy atom. The van der Waals surface area contributed by atoms with Crippen molar-refractivity contribution in [1.82, 2.24) is 14.8 Å². The summed E-state index contributed by atoms with van der Waals surface area (Å²) in [6, 6.07) is 2.86. The molecule has 0 amide bonds. The number of hydrogen-bond acceptors (Lipinski definition) is 4. The molecule has 17 heavy (non-hydrogen) atoms. The molecule has 0 saturated carbocycles. The average Bonchev–Trinajstić information content (AvgIpc) is 2.63. The van der Waals surface area contributed by atoms with Gasteiger partial charge in [-0.15, -0.1) is 0 Å². The van der Waals surface area contributed by atoms with Crippen LogP contribution in [-0.2, 0) is 7.05 Å². The molecule has 0 radical (unpaired) electrons. The second-order valence-corrected chi connectivity index (χ2v) is 3.59. The predicted molar refractivity (Wildman–Crippen MR) is 59.2 cm³/mol. The minimum Gasteiger partial charge on any atom is -0.478 e. The number of hydrogen-bond donors (Lipinski definition) is 1. The van der Waals surface area contributed by atoms with E-state index in [9.17, 15) is 4.79 Å². The molecule has 6 nitrogen and oxygen atoms in total. The second kappa shape index (κ2) is 4.25. The molecule has 2 rings (SSSR count). The molecule has 0 aliphatic heterocycles. The van der Waals surface area contributed by atoms with E-state index < -0.39 is 5.97 Å². The van der Waals surface area contributed by atoms with Crippen LogP contribution >= 0.6 is 0 Å². The van der Waals surface area contributed by atoms with Gasteiger partial charge in [-0.2, -0.15) is 5.10 Å². The van der Waals surface area contributed by atoms with Gasteiger partial charge in [-0.1, -0.05) is 0 Å². The fourth-order valence-electron chi connectivity index (χ4n) is 1.39. The summed E-state index contributed by atoms with van der Waals surface area (Å²) in [4.78, 5) is 15.0. The number of pyridine rings is 1. The van der Waals surface area contributed by atoms with Gasteiger partial charge in [0, 0.05) is 18.8 Å². The van der Waals surface area contributed by atoms with Crippen molar-refractivity contribution in [1.29, 1.82) is 0 Å². The van der Waals surface area contributed by atoms with E-state index in [-0.39, 0.29) is 11.4 Å². The number of carbonyl (C=O) groups is 1. The molecule has 0 bridgehead atoms. The lowest BCUT2D eigenvalue weighted by Gasteiger charge is -2.04. The molecule has 0 aliphatic rings. The lowest BCUT2D eigenvalue weighted by atomic mass is 10.2. The Hall–Kier alpha value is -2.37. The van der Waals surface area contributed by atoms with Gasteiger partial charge in [-0.3, -0.25) is 4.68 Å². The lowest BCUT2D eigenvalue weighted by Crippen LogP contribution is -1.99. The Labute approximate surface area is 97.5 Å². The fourth-order valence-corrected chi connectivity index (χ4v) is 1.39. The molecule has 2 aromatic rings. The van der Waals surface area contributed by atoms with Gasteiger partial charge in [0.15, 0.2) is 5.75 Å². The number of aromatic nitrogens is 3. The first-order valence-corrected chi connectivity index (χ1v) is 4.93. The molecular weight excluding hydrogens is 222 g/mol. The molecule has 0 saturated heterocycles. The fraction of sp³-hybridized carbons (Fsp3) is 0.182. The van der Waals surface area contributed by atoms with Gasteiger partial charge in [0.1, 0.15) is 0 Å². The summed E-state index contributed by atoms with van der Waals surface area (Å²) in [5.41, 5.74) is 0.736. The van der Waals surface area contributed by atoms with E-state index >= 15 is 0 Å². The van der Waals surface area contributed by atoms with E-state index in [1.807, 2.05) is 0 Å². The third-order valence-corrected chi connectivity index (χ3v) is 2.08. The van der Waals surface area contributed by atoms with Crippen molar-refractivity contribution in [2.75, 3.05) is 0 Å². The van der Waals surface area contributed by atoms with Crippen molar-refractivity contribution < 1.29 is 14.6 Å². The molecule has 6 heteroatoms. The molecular formula is C11H11N3O3. The van der Waals surface area contributed by atoms with Gasteiger partial charge < -0.3 is 9.84 Å². The molecule has 1 N–H and O–H groups in total. The smallest absolute Gasteiger partial charge is 0.335 e. The topological polar surface area (TPSA) is 77.2 Å². The van der Waals surface area contributed by atoms with Crippen LogP contribution in [0.1, 0.15) is 16.1 Å². The number of carboxylic acids is 1. The van der Waals surface area contributed by atoms with Crippen LogP contribution in [-0.4, -0.2) is 25.8 Å². The molecule has 88 valence electrons. The minimum absolute atomic E-state index is 0.149. The van der Waals surface area contributed by atoms with Crippen LogP contribution in [0.15, 0.2) is 24.5 Å². The molecule has 0 unspecified atom stereocenters. The highest BCUT2D eigenvalue weighted by Crippen LogP contribution is 2.20. The Morgan fingerprint density at radius 3 is 2.82 bits per heavy atom. The van der Waals surface area contributed by atoms with Crippen molar-refractivity contribution in [3.05, 3.63) is 35.8 Å². The predicted octanol–water partition coefficient (Wildman–Crippen LogP) is 1.61. The van der Waals surface area contributed by atoms with Crippen molar-refractivity contribution in [3.63, 3.8) is 0 Å². The van der Waals surface area contributed by atoms with Crippen molar-refractivity contribution >= 4 is 5.97 Å². The van der Waals surface area contributed by atoms with Gasteiger partial charge >= 0.3 is 5.97 Å². The van der Waals surface area contributed by atoms with E-state index in [0.717, 1.165) is 0 Å². The monoisotopic (exact) mass is 233 g/mol. The van der Waals surface area contributed by atoms with Crippen molar-refractivity contribution in [3.8, 4) is 11.6 Å². The van der Waals surface area contributed by atoms with Gasteiger partial charge in [-0.05, 0) is 13.0 Å².